The minimum Gasteiger partial charge on any atom is -0.508 e. The maximum absolute atomic E-state index is 14.7. The van der Waals surface area contributed by atoms with Crippen LogP contribution in [0.15, 0.2) is 29.3 Å². The van der Waals surface area contributed by atoms with Crippen LogP contribution in [0.1, 0.15) is 154 Å². The van der Waals surface area contributed by atoms with Gasteiger partial charge in [-0.05, 0) is 178 Å². The summed E-state index contributed by atoms with van der Waals surface area (Å²) >= 11 is 3.99. The SMILES string of the molecule is CC(C)[C@H](NC(=O)[C@H](CCCCN)NC(=O)[C@H](CCCN=C(N)N)NC(=O)[C@H](CCCCN)NC(=O)[C@H](CCCCN)NC(=O)[C@H](CCCCN)NC(=O)[C@@H]1CCCN1)C(=O)N[C@@H](CCC(=O)O)C(=O)N[C@@H](CC(=O)O)C(=O)N1CCC[C@H]1C(=O)N[C@@H](Cc1ccc(O)cc1)C(=O)N[C@@H](CS)C(=O)O. The van der Waals surface area contributed by atoms with Crippen LogP contribution < -0.4 is 92.9 Å². The molecular formula is C66H111N19O18S. The lowest BCUT2D eigenvalue weighted by Crippen LogP contribution is -2.61. The summed E-state index contributed by atoms with van der Waals surface area (Å²) in [6.07, 6.45) is 2.08. The fraction of sp³-hybridized carbons (Fsp3) is 0.682. The molecule has 2 fully saturated rings. The van der Waals surface area contributed by atoms with Gasteiger partial charge in [-0.3, -0.25) is 67.3 Å². The minimum atomic E-state index is -1.96. The number of carbonyl (C=O) groups excluding carboxylic acids is 11. The number of amides is 11. The average Bonchev–Trinajstić information content (AvgIpc) is 1.62. The maximum Gasteiger partial charge on any atom is 0.327 e. The first-order valence-corrected chi connectivity index (χ1v) is 36.1. The number of carboxylic acids is 3. The molecule has 0 aliphatic carbocycles. The van der Waals surface area contributed by atoms with Crippen LogP contribution in [0.3, 0.4) is 0 Å². The zero-order chi connectivity index (χ0) is 77.4. The molecule has 37 nitrogen and oxygen atoms in total. The Bertz CT molecular complexity index is 3030. The summed E-state index contributed by atoms with van der Waals surface area (Å²) in [6.45, 7) is 4.46. The Labute approximate surface area is 610 Å². The van der Waals surface area contributed by atoms with E-state index in [0.717, 1.165) is 11.3 Å². The number of hydrogen-bond donors (Lipinski definition) is 22. The van der Waals surface area contributed by atoms with Crippen molar-refractivity contribution >= 4 is 101 Å². The molecule has 0 spiro atoms. The van der Waals surface area contributed by atoms with Crippen LogP contribution in [0.4, 0.5) is 0 Å². The predicted octanol–water partition coefficient (Wildman–Crippen LogP) is -4.89. The number of carbonyl (C=O) groups is 14. The number of phenolic OH excluding ortho intramolecular Hbond substituents is 1. The van der Waals surface area contributed by atoms with Crippen molar-refractivity contribution in [3.63, 3.8) is 0 Å². The fourth-order valence-electron chi connectivity index (χ4n) is 11.6. The first kappa shape index (κ1) is 89.2. The molecule has 0 aromatic heterocycles. The fourth-order valence-corrected chi connectivity index (χ4v) is 11.9. The number of hydrogen-bond acceptors (Lipinski definition) is 22. The highest BCUT2D eigenvalue weighted by molar-refractivity contribution is 7.80. The molecule has 2 aliphatic heterocycles. The Hall–Kier alpha value is -8.98. The lowest BCUT2D eigenvalue weighted by molar-refractivity contribution is -0.146. The summed E-state index contributed by atoms with van der Waals surface area (Å²) in [5.41, 5.74) is 34.8. The van der Waals surface area contributed by atoms with Gasteiger partial charge in [0.1, 0.15) is 72.2 Å². The van der Waals surface area contributed by atoms with E-state index in [-0.39, 0.29) is 120 Å². The number of nitrogens with two attached hydrogens (primary N) is 6. The number of rotatable bonds is 51. The van der Waals surface area contributed by atoms with Gasteiger partial charge in [0.2, 0.25) is 65.0 Å². The molecule has 3 rings (SSSR count). The van der Waals surface area contributed by atoms with E-state index in [1.165, 1.54) is 38.1 Å². The molecule has 584 valence electrons. The van der Waals surface area contributed by atoms with E-state index in [4.69, 9.17) is 34.4 Å². The maximum atomic E-state index is 14.7. The number of guanidine groups is 1. The van der Waals surface area contributed by atoms with Gasteiger partial charge in [0, 0.05) is 31.7 Å². The highest BCUT2D eigenvalue weighted by Crippen LogP contribution is 2.22. The van der Waals surface area contributed by atoms with Crippen LogP contribution in [0.5, 0.6) is 5.75 Å². The normalized spacial score (nSPS) is 16.9. The first-order chi connectivity index (χ1) is 49.5. The van der Waals surface area contributed by atoms with E-state index in [9.17, 15) is 87.5 Å². The molecule has 12 atom stereocenters. The van der Waals surface area contributed by atoms with Crippen molar-refractivity contribution in [2.45, 2.75) is 228 Å². The number of benzene rings is 1. The van der Waals surface area contributed by atoms with E-state index in [2.05, 4.69) is 76.1 Å². The van der Waals surface area contributed by atoms with Gasteiger partial charge in [-0.1, -0.05) is 26.0 Å². The number of nitrogens with zero attached hydrogens (tertiary/aromatic N) is 2. The number of carboxylic acid groups (broad SMARTS) is 3. The Morgan fingerprint density at radius 1 is 0.510 bits per heavy atom. The quantitative estimate of drug-likeness (QED) is 0.0126. The molecule has 104 heavy (non-hydrogen) atoms. The van der Waals surface area contributed by atoms with Crippen molar-refractivity contribution in [1.29, 1.82) is 0 Å². The largest absolute Gasteiger partial charge is 0.508 e. The Balaban J connectivity index is 1.95. The standard InChI is InChI=1S/C66H111N19O18S/c1-37(2)53(63(100)80-46(25-26-51(87)88)59(96)82-48(35-52(89)90)64(101)85-33-13-20-50(85)62(99)81-47(34-38-21-23-39(86)24-22-38)61(98)83-49(36-104)65(102)103)84-60(97)44(17-6-10-30-70)78-58(95)45(19-12-32-74-66(71)72)79-57(94)43(16-5-9-29-69)77-56(93)42(15-4-8-28-68)76-55(92)41(14-3-7-27-67)75-54(91)40-18-11-31-73-40/h21-24,37,40-50,53,73,86,104H,3-20,25-36,67-70H2,1-2H3,(H,75,91)(H,76,92)(H,77,93)(H,78,95)(H,79,94)(H,80,100)(H,81,99)(H,82,96)(H,83,98)(H,84,97)(H,87,88)(H,89,90)(H,102,103)(H4,71,72,74)/t40-,41-,42-,43-,44-,45-,46-,47-,48-,49-,50-,53-/m0/s1. The van der Waals surface area contributed by atoms with E-state index in [1.54, 1.807) is 0 Å². The molecule has 0 unspecified atom stereocenters. The average molecular weight is 1490 g/mol. The van der Waals surface area contributed by atoms with Gasteiger partial charge >= 0.3 is 17.9 Å². The molecule has 11 amide bonds. The smallest absolute Gasteiger partial charge is 0.327 e. The number of aromatic hydroxyl groups is 1. The van der Waals surface area contributed by atoms with Crippen LogP contribution in [0.2, 0.25) is 0 Å². The Morgan fingerprint density at radius 2 is 0.933 bits per heavy atom. The number of phenols is 1. The number of aliphatic imine (C=N–C) groups is 1. The van der Waals surface area contributed by atoms with Crippen molar-refractivity contribution < 1.29 is 87.5 Å². The monoisotopic (exact) mass is 1490 g/mol. The van der Waals surface area contributed by atoms with Gasteiger partial charge in [-0.2, -0.15) is 12.6 Å². The second kappa shape index (κ2) is 48.1. The molecule has 0 radical (unpaired) electrons. The number of aliphatic carboxylic acids is 3. The van der Waals surface area contributed by atoms with E-state index < -0.39 is 175 Å². The Kier molecular flexibility index (Phi) is 41.3. The number of thiol groups is 1. The van der Waals surface area contributed by atoms with Crippen molar-refractivity contribution in [2.24, 2.45) is 45.3 Å². The molecule has 1 aromatic carbocycles. The minimum absolute atomic E-state index is 0.00220. The molecule has 27 N–H and O–H groups in total. The van der Waals surface area contributed by atoms with Crippen molar-refractivity contribution in [3.8, 4) is 5.75 Å². The van der Waals surface area contributed by atoms with Crippen LogP contribution in [0.25, 0.3) is 0 Å². The zero-order valence-electron chi connectivity index (χ0n) is 59.3. The summed E-state index contributed by atoms with van der Waals surface area (Å²) in [6, 6.07) is -11.2. The summed E-state index contributed by atoms with van der Waals surface area (Å²) in [7, 11) is 0. The van der Waals surface area contributed by atoms with Crippen LogP contribution in [0, 0.1) is 5.92 Å². The molecular weight excluding hydrogens is 1380 g/mol. The summed E-state index contributed by atoms with van der Waals surface area (Å²) in [5, 5.41) is 68.3. The molecule has 0 saturated carbocycles. The molecule has 2 aliphatic rings. The molecule has 2 heterocycles. The summed E-state index contributed by atoms with van der Waals surface area (Å²) in [5.74, 6) is -15.7. The second-order valence-electron chi connectivity index (χ2n) is 26.1. The molecule has 38 heteroatoms. The van der Waals surface area contributed by atoms with E-state index in [1.807, 2.05) is 0 Å². The highest BCUT2D eigenvalue weighted by atomic mass is 32.1. The number of nitrogens with one attached hydrogen (secondary N) is 11. The molecule has 0 bridgehead atoms. The van der Waals surface area contributed by atoms with E-state index in [0.29, 0.717) is 70.0 Å². The van der Waals surface area contributed by atoms with Gasteiger partial charge < -0.3 is 118 Å². The van der Waals surface area contributed by atoms with Crippen LogP contribution in [-0.4, -0.2) is 238 Å². The van der Waals surface area contributed by atoms with Crippen LogP contribution >= 0.6 is 12.6 Å². The van der Waals surface area contributed by atoms with Crippen molar-refractivity contribution in [1.82, 2.24) is 63.4 Å². The summed E-state index contributed by atoms with van der Waals surface area (Å²) < 4.78 is 0. The van der Waals surface area contributed by atoms with Crippen molar-refractivity contribution in [2.75, 3.05) is 51.6 Å². The summed E-state index contributed by atoms with van der Waals surface area (Å²) in [4.78, 5) is 198. The lowest BCUT2D eigenvalue weighted by atomic mass is 10.00. The van der Waals surface area contributed by atoms with Gasteiger partial charge in [0.25, 0.3) is 0 Å². The predicted molar refractivity (Wildman–Crippen MR) is 384 cm³/mol. The number of unbranched alkanes of at least 4 members (excludes halogenated alkanes) is 4. The van der Waals surface area contributed by atoms with Crippen molar-refractivity contribution in [3.05, 3.63) is 29.8 Å². The van der Waals surface area contributed by atoms with E-state index >= 15 is 0 Å². The third-order valence-electron chi connectivity index (χ3n) is 17.4. The Morgan fingerprint density at radius 3 is 1.36 bits per heavy atom. The zero-order valence-corrected chi connectivity index (χ0v) is 60.2. The van der Waals surface area contributed by atoms with Gasteiger partial charge in [0.15, 0.2) is 5.96 Å². The van der Waals surface area contributed by atoms with Gasteiger partial charge in [0.05, 0.1) is 12.5 Å². The number of likely N-dealkylation sites (tertiary alicyclic amines) is 1. The lowest BCUT2D eigenvalue weighted by Gasteiger charge is -2.31. The second-order valence-corrected chi connectivity index (χ2v) is 26.5. The first-order valence-electron chi connectivity index (χ1n) is 35.5. The van der Waals surface area contributed by atoms with Gasteiger partial charge in [-0.25, -0.2) is 4.79 Å². The van der Waals surface area contributed by atoms with Gasteiger partial charge in [-0.15, -0.1) is 0 Å². The molecule has 1 aromatic rings. The molecule has 2 saturated heterocycles. The van der Waals surface area contributed by atoms with Crippen LogP contribution in [-0.2, 0) is 73.5 Å². The third-order valence-corrected chi connectivity index (χ3v) is 17.8. The highest BCUT2D eigenvalue weighted by Gasteiger charge is 2.42. The topological polar surface area (TPSA) is 624 Å². The third kappa shape index (κ3) is 32.4.